The van der Waals surface area contributed by atoms with Gasteiger partial charge in [-0.3, -0.25) is 0 Å². The van der Waals surface area contributed by atoms with Crippen LogP contribution >= 0.6 is 11.3 Å². The Balaban J connectivity index is 0.000000240. The van der Waals surface area contributed by atoms with Crippen LogP contribution in [0.15, 0.2) is 35.4 Å². The van der Waals surface area contributed by atoms with Gasteiger partial charge in [-0.1, -0.05) is 6.92 Å². The normalized spacial score (nSPS) is 10.1. The highest BCUT2D eigenvalue weighted by Crippen LogP contribution is 2.18. The summed E-state index contributed by atoms with van der Waals surface area (Å²) in [7, 11) is 0. The molecule has 0 saturated carbocycles. The molecule has 6 nitrogen and oxygen atoms in total. The molecule has 7 heteroatoms. The Labute approximate surface area is 125 Å². The molecule has 0 saturated heterocycles. The Morgan fingerprint density at radius 1 is 1.24 bits per heavy atom. The number of aryl methyl sites for hydroxylation is 1. The third-order valence-electron chi connectivity index (χ3n) is 2.52. The average molecular weight is 308 g/mol. The van der Waals surface area contributed by atoms with Gasteiger partial charge in [0.15, 0.2) is 0 Å². The fourth-order valence-corrected chi connectivity index (χ4v) is 2.49. The predicted molar refractivity (Wildman–Crippen MR) is 79.5 cm³/mol. The van der Waals surface area contributed by atoms with Crippen LogP contribution in [0.3, 0.4) is 0 Å². The van der Waals surface area contributed by atoms with E-state index in [0.29, 0.717) is 12.2 Å². The van der Waals surface area contributed by atoms with Gasteiger partial charge in [-0.15, -0.1) is 0 Å². The second-order valence-corrected chi connectivity index (χ2v) is 4.78. The van der Waals surface area contributed by atoms with E-state index in [2.05, 4.69) is 27.7 Å². The lowest BCUT2D eigenvalue weighted by Crippen LogP contribution is -1.91. The highest BCUT2D eigenvalue weighted by molar-refractivity contribution is 7.08. The molecule has 21 heavy (non-hydrogen) atoms. The molecule has 3 N–H and O–H groups in total. The summed E-state index contributed by atoms with van der Waals surface area (Å²) >= 11 is 1.78. The number of H-pyrrole nitrogens is 1. The van der Waals surface area contributed by atoms with E-state index in [1.807, 2.05) is 6.20 Å². The molecule has 0 amide bonds. The summed E-state index contributed by atoms with van der Waals surface area (Å²) in [5, 5.41) is 20.1. The second-order valence-electron chi connectivity index (χ2n) is 4.04. The maximum absolute atomic E-state index is 9.55. The molecular formula is C14H16N2O4S. The van der Waals surface area contributed by atoms with Crippen LogP contribution in [0.5, 0.6) is 0 Å². The topological polar surface area (TPSA) is 103 Å². The maximum Gasteiger partial charge on any atom is 0.328 e. The molecule has 112 valence electrons. The van der Waals surface area contributed by atoms with E-state index in [1.54, 1.807) is 17.7 Å². The van der Waals surface area contributed by atoms with Crippen molar-refractivity contribution in [2.45, 2.75) is 19.8 Å². The summed E-state index contributed by atoms with van der Waals surface area (Å²) in [5.74, 6) is -2.51. The first-order chi connectivity index (χ1) is 10.0. The third-order valence-corrected chi connectivity index (χ3v) is 3.36. The predicted octanol–water partition coefficient (Wildman–Crippen LogP) is 2.34. The number of carbonyl (C=O) groups is 2. The number of carboxylic acids is 2. The minimum atomic E-state index is -1.26. The van der Waals surface area contributed by atoms with Gasteiger partial charge in [0.1, 0.15) is 0 Å². The van der Waals surface area contributed by atoms with Crippen LogP contribution in [0, 0.1) is 0 Å². The van der Waals surface area contributed by atoms with Gasteiger partial charge >= 0.3 is 11.9 Å². The number of aromatic nitrogens is 2. The lowest BCUT2D eigenvalue weighted by molar-refractivity contribution is -0.134. The van der Waals surface area contributed by atoms with Crippen LogP contribution in [0.1, 0.15) is 23.7 Å². The summed E-state index contributed by atoms with van der Waals surface area (Å²) in [6, 6.07) is 0. The van der Waals surface area contributed by atoms with Crippen molar-refractivity contribution in [3.05, 3.63) is 52.3 Å². The van der Waals surface area contributed by atoms with Gasteiger partial charge in [-0.05, 0) is 28.3 Å². The summed E-state index contributed by atoms with van der Waals surface area (Å²) in [5.41, 5.74) is 4.07. The molecule has 0 aliphatic carbocycles. The monoisotopic (exact) mass is 308 g/mol. The van der Waals surface area contributed by atoms with E-state index in [9.17, 15) is 9.59 Å². The fraction of sp³-hybridized carbons (Fsp3) is 0.214. The van der Waals surface area contributed by atoms with Crippen molar-refractivity contribution in [2.24, 2.45) is 0 Å². The highest BCUT2D eigenvalue weighted by atomic mass is 32.1. The van der Waals surface area contributed by atoms with E-state index in [1.165, 1.54) is 16.8 Å². The Morgan fingerprint density at radius 3 is 2.33 bits per heavy atom. The van der Waals surface area contributed by atoms with Crippen LogP contribution in [0.4, 0.5) is 0 Å². The molecule has 0 spiro atoms. The van der Waals surface area contributed by atoms with Crippen LogP contribution in [-0.2, 0) is 22.4 Å². The number of carboxylic acid groups (broad SMARTS) is 2. The van der Waals surface area contributed by atoms with Gasteiger partial charge in [-0.25, -0.2) is 14.6 Å². The van der Waals surface area contributed by atoms with Gasteiger partial charge in [0, 0.05) is 30.5 Å². The van der Waals surface area contributed by atoms with Crippen molar-refractivity contribution < 1.29 is 19.8 Å². The number of nitrogens with one attached hydrogen (secondary N) is 1. The molecule has 0 bridgehead atoms. The number of hydrogen-bond acceptors (Lipinski definition) is 4. The lowest BCUT2D eigenvalue weighted by Gasteiger charge is -1.98. The number of hydrogen-bond donors (Lipinski definition) is 3. The molecule has 2 heterocycles. The smallest absolute Gasteiger partial charge is 0.328 e. The van der Waals surface area contributed by atoms with Crippen LogP contribution < -0.4 is 0 Å². The van der Waals surface area contributed by atoms with Gasteiger partial charge in [0.2, 0.25) is 0 Å². The molecule has 0 aliphatic heterocycles. The van der Waals surface area contributed by atoms with Crippen LogP contribution in [0.2, 0.25) is 0 Å². The highest BCUT2D eigenvalue weighted by Gasteiger charge is 2.03. The van der Waals surface area contributed by atoms with Gasteiger partial charge in [-0.2, -0.15) is 11.3 Å². The number of aromatic amines is 1. The van der Waals surface area contributed by atoms with Crippen LogP contribution in [0.25, 0.3) is 0 Å². The standard InChI is InChI=1S/C10H12N2S.C4H4O4/c1-2-8-5-13-6-9(8)3-10-4-11-7-12-10;5-3(6)1-2-4(7)8/h4-7H,2-3H2,1H3,(H,11,12);1-2H,(H,5,6)(H,7,8)/b;2-1+. The summed E-state index contributed by atoms with van der Waals surface area (Å²) in [6.07, 6.45) is 6.83. The molecule has 2 aromatic rings. The SMILES string of the molecule is CCc1cscc1Cc1cnc[nH]1.O=C(O)/C=C/C(=O)O. The van der Waals surface area contributed by atoms with Crippen molar-refractivity contribution in [1.82, 2.24) is 9.97 Å². The molecule has 0 unspecified atom stereocenters. The van der Waals surface area contributed by atoms with E-state index in [0.717, 1.165) is 12.8 Å². The Hall–Kier alpha value is -2.41. The Bertz CT molecular complexity index is 586. The zero-order chi connectivity index (χ0) is 15.7. The lowest BCUT2D eigenvalue weighted by atomic mass is 10.1. The first-order valence-electron chi connectivity index (χ1n) is 6.18. The number of nitrogens with zero attached hydrogens (tertiary/aromatic N) is 1. The number of aliphatic carboxylic acids is 2. The van der Waals surface area contributed by atoms with Gasteiger partial charge in [0.05, 0.1) is 6.33 Å². The van der Waals surface area contributed by atoms with Gasteiger partial charge in [0.25, 0.3) is 0 Å². The fourth-order valence-electron chi connectivity index (χ4n) is 1.54. The maximum atomic E-state index is 9.55. The van der Waals surface area contributed by atoms with E-state index in [-0.39, 0.29) is 0 Å². The molecule has 0 atom stereocenters. The zero-order valence-electron chi connectivity index (χ0n) is 11.4. The summed E-state index contributed by atoms with van der Waals surface area (Å²) in [6.45, 7) is 2.19. The average Bonchev–Trinajstić information content (AvgIpc) is 3.09. The van der Waals surface area contributed by atoms with Crippen molar-refractivity contribution in [1.29, 1.82) is 0 Å². The minimum absolute atomic E-state index is 0.558. The van der Waals surface area contributed by atoms with Gasteiger partial charge < -0.3 is 15.2 Å². The summed E-state index contributed by atoms with van der Waals surface area (Å²) < 4.78 is 0. The third kappa shape index (κ3) is 6.53. The molecule has 2 aromatic heterocycles. The minimum Gasteiger partial charge on any atom is -0.478 e. The number of thiophene rings is 1. The first kappa shape index (κ1) is 16.6. The molecule has 0 aliphatic rings. The second kappa shape index (κ2) is 8.70. The van der Waals surface area contributed by atoms with Crippen molar-refractivity contribution in [2.75, 3.05) is 0 Å². The van der Waals surface area contributed by atoms with Crippen molar-refractivity contribution >= 4 is 23.3 Å². The van der Waals surface area contributed by atoms with Crippen molar-refractivity contribution in [3.63, 3.8) is 0 Å². The van der Waals surface area contributed by atoms with E-state index < -0.39 is 11.9 Å². The number of rotatable bonds is 5. The van der Waals surface area contributed by atoms with E-state index >= 15 is 0 Å². The summed E-state index contributed by atoms with van der Waals surface area (Å²) in [4.78, 5) is 26.2. The molecule has 0 aromatic carbocycles. The molecule has 0 fully saturated rings. The largest absolute Gasteiger partial charge is 0.478 e. The first-order valence-corrected chi connectivity index (χ1v) is 7.12. The van der Waals surface area contributed by atoms with Crippen LogP contribution in [-0.4, -0.2) is 32.1 Å². The van der Waals surface area contributed by atoms with E-state index in [4.69, 9.17) is 10.2 Å². The van der Waals surface area contributed by atoms with Crippen molar-refractivity contribution in [3.8, 4) is 0 Å². The Morgan fingerprint density at radius 2 is 1.86 bits per heavy atom. The quantitative estimate of drug-likeness (QED) is 0.736. The molecular weight excluding hydrogens is 292 g/mol. The molecule has 0 radical (unpaired) electrons. The zero-order valence-corrected chi connectivity index (χ0v) is 12.3. The number of imidazole rings is 1. The molecule has 2 rings (SSSR count). The Kier molecular flexibility index (Phi) is 6.90.